The number of alkyl halides is 3. The Morgan fingerprint density at radius 1 is 1.00 bits per heavy atom. The molecular weight excluding hydrogens is 539 g/mol. The van der Waals surface area contributed by atoms with Crippen LogP contribution in [0, 0.1) is 18.3 Å². The third-order valence-electron chi connectivity index (χ3n) is 7.59. The minimum Gasteiger partial charge on any atom is -0.479 e. The first-order valence-electron chi connectivity index (χ1n) is 13.6. The zero-order chi connectivity index (χ0) is 30.5. The average molecular weight is 578 g/mol. The van der Waals surface area contributed by atoms with Crippen molar-refractivity contribution in [3.8, 4) is 0 Å². The van der Waals surface area contributed by atoms with Gasteiger partial charge in [0, 0.05) is 23.8 Å². The van der Waals surface area contributed by atoms with E-state index in [4.69, 9.17) is 5.11 Å². The fourth-order valence-electron chi connectivity index (χ4n) is 5.17. The zero-order valence-electron chi connectivity index (χ0n) is 23.7. The number of aliphatic hydroxyl groups is 1. The molecule has 0 spiro atoms. The molecule has 0 unspecified atom stereocenters. The molecular formula is C30H38F3N3O5. The van der Waals surface area contributed by atoms with Gasteiger partial charge in [0.05, 0.1) is 12.1 Å². The Kier molecular flexibility index (Phi) is 10.1. The molecule has 1 aliphatic rings. The van der Waals surface area contributed by atoms with Crippen molar-refractivity contribution in [1.82, 2.24) is 10.2 Å². The van der Waals surface area contributed by atoms with Gasteiger partial charge in [-0.05, 0) is 85.4 Å². The summed E-state index contributed by atoms with van der Waals surface area (Å²) in [5, 5.41) is 23.1. The van der Waals surface area contributed by atoms with Gasteiger partial charge in [0.15, 0.2) is 6.10 Å². The molecule has 1 aliphatic carbocycles. The van der Waals surface area contributed by atoms with Crippen molar-refractivity contribution in [2.45, 2.75) is 78.2 Å². The van der Waals surface area contributed by atoms with Crippen molar-refractivity contribution in [2.75, 3.05) is 11.9 Å². The number of aryl methyl sites for hydroxylation is 1. The van der Waals surface area contributed by atoms with Crippen LogP contribution in [-0.4, -0.2) is 51.7 Å². The summed E-state index contributed by atoms with van der Waals surface area (Å²) in [6.07, 6.45) is -2.92. The molecule has 1 saturated carbocycles. The number of rotatable bonds is 8. The van der Waals surface area contributed by atoms with E-state index in [1.54, 1.807) is 17.0 Å². The standard InChI is InChI=1S/C30H38F3N3O5/c1-18-13-22(30(31,32)33)15-23(14-18)35-28(41)36(24-11-9-21(10-12-24)29(2,3)4)17-19-5-7-20(8-6-19)26(38)34-16-25(37)27(39)40/h5-8,13-15,21,24-25,37H,9-12,16-17H2,1-4H3,(H,34,38)(H,35,41)(H,39,40)/t21-,24-,25-/m1/s1. The lowest BCUT2D eigenvalue weighted by molar-refractivity contribution is -0.146. The number of halogens is 3. The van der Waals surface area contributed by atoms with E-state index in [2.05, 4.69) is 31.4 Å². The molecule has 8 nitrogen and oxygen atoms in total. The summed E-state index contributed by atoms with van der Waals surface area (Å²) in [7, 11) is 0. The predicted molar refractivity (Wildman–Crippen MR) is 148 cm³/mol. The minimum atomic E-state index is -4.55. The van der Waals surface area contributed by atoms with Gasteiger partial charge in [-0.1, -0.05) is 32.9 Å². The lowest BCUT2D eigenvalue weighted by atomic mass is 9.71. The largest absolute Gasteiger partial charge is 0.479 e. The number of aliphatic hydroxyl groups excluding tert-OH is 1. The Bertz CT molecular complexity index is 1230. The van der Waals surface area contributed by atoms with Gasteiger partial charge in [0.2, 0.25) is 0 Å². The normalized spacial score (nSPS) is 18.3. The second-order valence-corrected chi connectivity index (χ2v) is 11.8. The SMILES string of the molecule is Cc1cc(NC(=O)N(Cc2ccc(C(=O)NC[C@@H](O)C(=O)O)cc2)[C@H]2CC[C@H](C(C)(C)C)CC2)cc(C(F)(F)F)c1. The van der Waals surface area contributed by atoms with Crippen LogP contribution in [0.1, 0.15) is 73.5 Å². The maximum atomic E-state index is 13.5. The third-order valence-corrected chi connectivity index (χ3v) is 7.59. The molecule has 0 radical (unpaired) electrons. The number of hydrogen-bond donors (Lipinski definition) is 4. The third kappa shape index (κ3) is 8.94. The van der Waals surface area contributed by atoms with Crippen molar-refractivity contribution in [3.05, 3.63) is 64.7 Å². The highest BCUT2D eigenvalue weighted by Gasteiger charge is 2.34. The van der Waals surface area contributed by atoms with Crippen molar-refractivity contribution < 1.29 is 37.8 Å². The number of hydrogen-bond acceptors (Lipinski definition) is 4. The molecule has 0 saturated heterocycles. The summed E-state index contributed by atoms with van der Waals surface area (Å²) in [6, 6.07) is 9.21. The Labute approximate surface area is 237 Å². The van der Waals surface area contributed by atoms with Crippen molar-refractivity contribution >= 4 is 23.6 Å². The van der Waals surface area contributed by atoms with Gasteiger partial charge in [0.25, 0.3) is 5.91 Å². The first kappa shape index (κ1) is 31.9. The van der Waals surface area contributed by atoms with Gasteiger partial charge in [-0.15, -0.1) is 0 Å². The second-order valence-electron chi connectivity index (χ2n) is 11.8. The highest BCUT2D eigenvalue weighted by molar-refractivity contribution is 5.94. The van der Waals surface area contributed by atoms with E-state index in [0.717, 1.165) is 37.8 Å². The van der Waals surface area contributed by atoms with Gasteiger partial charge in [-0.25, -0.2) is 9.59 Å². The number of anilines is 1. The van der Waals surface area contributed by atoms with Gasteiger partial charge >= 0.3 is 18.2 Å². The van der Waals surface area contributed by atoms with Crippen LogP contribution in [0.4, 0.5) is 23.7 Å². The number of carbonyl (C=O) groups excluding carboxylic acids is 2. The Morgan fingerprint density at radius 2 is 1.61 bits per heavy atom. The molecule has 1 fully saturated rings. The lowest BCUT2D eigenvalue weighted by Crippen LogP contribution is -2.45. The number of nitrogens with one attached hydrogen (secondary N) is 2. The number of benzene rings is 2. The zero-order valence-corrected chi connectivity index (χ0v) is 23.7. The quantitative estimate of drug-likeness (QED) is 0.315. The number of nitrogens with zero attached hydrogens (tertiary/aromatic N) is 1. The van der Waals surface area contributed by atoms with E-state index in [9.17, 15) is 32.7 Å². The van der Waals surface area contributed by atoms with E-state index in [0.29, 0.717) is 17.0 Å². The van der Waals surface area contributed by atoms with Crippen LogP contribution in [0.3, 0.4) is 0 Å². The molecule has 3 amide bonds. The number of carboxylic acid groups (broad SMARTS) is 1. The van der Waals surface area contributed by atoms with Crippen LogP contribution >= 0.6 is 0 Å². The van der Waals surface area contributed by atoms with Crippen LogP contribution in [0.15, 0.2) is 42.5 Å². The molecule has 0 bridgehead atoms. The predicted octanol–water partition coefficient (Wildman–Crippen LogP) is 5.83. The van der Waals surface area contributed by atoms with Gasteiger partial charge in [-0.2, -0.15) is 13.2 Å². The minimum absolute atomic E-state index is 0.0614. The molecule has 0 aliphatic heterocycles. The molecule has 2 aromatic rings. The molecule has 11 heteroatoms. The van der Waals surface area contributed by atoms with E-state index in [-0.39, 0.29) is 29.3 Å². The van der Waals surface area contributed by atoms with Crippen LogP contribution in [0.5, 0.6) is 0 Å². The number of amides is 3. The topological polar surface area (TPSA) is 119 Å². The van der Waals surface area contributed by atoms with Crippen molar-refractivity contribution in [2.24, 2.45) is 11.3 Å². The van der Waals surface area contributed by atoms with Crippen LogP contribution in [0.2, 0.25) is 0 Å². The summed E-state index contributed by atoms with van der Waals surface area (Å²) in [4.78, 5) is 38.3. The summed E-state index contributed by atoms with van der Waals surface area (Å²) in [5.41, 5.74) is 0.677. The molecule has 4 N–H and O–H groups in total. The van der Waals surface area contributed by atoms with Crippen LogP contribution in [0.25, 0.3) is 0 Å². The summed E-state index contributed by atoms with van der Waals surface area (Å²) in [5.74, 6) is -1.52. The smallest absolute Gasteiger partial charge is 0.416 e. The van der Waals surface area contributed by atoms with Crippen molar-refractivity contribution in [1.29, 1.82) is 0 Å². The van der Waals surface area contributed by atoms with E-state index < -0.39 is 42.3 Å². The number of aliphatic carboxylic acids is 1. The Hall–Kier alpha value is -3.60. The first-order chi connectivity index (χ1) is 19.0. The molecule has 2 aromatic carbocycles. The number of carbonyl (C=O) groups is 3. The van der Waals surface area contributed by atoms with E-state index in [1.807, 2.05) is 0 Å². The lowest BCUT2D eigenvalue weighted by Gasteiger charge is -2.41. The van der Waals surface area contributed by atoms with Crippen LogP contribution < -0.4 is 10.6 Å². The molecule has 224 valence electrons. The van der Waals surface area contributed by atoms with E-state index in [1.165, 1.54) is 25.1 Å². The Balaban J connectivity index is 1.79. The van der Waals surface area contributed by atoms with Gasteiger partial charge in [-0.3, -0.25) is 4.79 Å². The van der Waals surface area contributed by atoms with Gasteiger partial charge < -0.3 is 25.7 Å². The fraction of sp³-hybridized carbons (Fsp3) is 0.500. The van der Waals surface area contributed by atoms with Gasteiger partial charge in [0.1, 0.15) is 0 Å². The fourth-order valence-corrected chi connectivity index (χ4v) is 5.17. The summed E-state index contributed by atoms with van der Waals surface area (Å²) in [6.45, 7) is 7.84. The van der Waals surface area contributed by atoms with Crippen LogP contribution in [-0.2, 0) is 17.5 Å². The van der Waals surface area contributed by atoms with Crippen molar-refractivity contribution in [3.63, 3.8) is 0 Å². The summed E-state index contributed by atoms with van der Waals surface area (Å²) >= 11 is 0. The molecule has 3 rings (SSSR count). The number of urea groups is 1. The maximum absolute atomic E-state index is 13.5. The first-order valence-corrected chi connectivity index (χ1v) is 13.6. The maximum Gasteiger partial charge on any atom is 0.416 e. The average Bonchev–Trinajstić information content (AvgIpc) is 2.89. The monoisotopic (exact) mass is 577 g/mol. The summed E-state index contributed by atoms with van der Waals surface area (Å²) < 4.78 is 40.1. The number of carboxylic acids is 1. The molecule has 0 heterocycles. The second kappa shape index (κ2) is 12.9. The molecule has 0 aromatic heterocycles. The molecule has 1 atom stereocenters. The highest BCUT2D eigenvalue weighted by atomic mass is 19.4. The highest BCUT2D eigenvalue weighted by Crippen LogP contribution is 2.39. The molecule has 41 heavy (non-hydrogen) atoms. The Morgan fingerprint density at radius 3 is 2.15 bits per heavy atom. The van der Waals surface area contributed by atoms with E-state index >= 15 is 0 Å².